The fraction of sp³-hybridized carbons (Fsp3) is 0.556. The van der Waals surface area contributed by atoms with Crippen LogP contribution in [-0.2, 0) is 20.0 Å². The molecule has 1 aliphatic heterocycles. The number of hydrogen-bond acceptors (Lipinski definition) is 3. The quantitative estimate of drug-likeness (QED) is 0.941. The van der Waals surface area contributed by atoms with Gasteiger partial charge in [0.1, 0.15) is 5.82 Å². The highest BCUT2D eigenvalue weighted by Crippen LogP contribution is 2.22. The van der Waals surface area contributed by atoms with Crippen LogP contribution in [0.4, 0.5) is 0 Å². The molecule has 0 unspecified atom stereocenters. The van der Waals surface area contributed by atoms with Gasteiger partial charge in [-0.3, -0.25) is 9.69 Å². The van der Waals surface area contributed by atoms with E-state index in [9.17, 15) is 4.79 Å². The van der Waals surface area contributed by atoms with E-state index in [4.69, 9.17) is 0 Å². The van der Waals surface area contributed by atoms with Gasteiger partial charge in [-0.2, -0.15) is 0 Å². The van der Waals surface area contributed by atoms with Crippen molar-refractivity contribution in [3.05, 3.63) is 51.5 Å². The van der Waals surface area contributed by atoms with Crippen molar-refractivity contribution in [3.8, 4) is 0 Å². The predicted molar refractivity (Wildman–Crippen MR) is 91.4 cm³/mol. The van der Waals surface area contributed by atoms with E-state index in [0.717, 1.165) is 31.7 Å². The maximum atomic E-state index is 11.1. The maximum absolute atomic E-state index is 11.1. The Balaban J connectivity index is 1.53. The summed E-state index contributed by atoms with van der Waals surface area (Å²) in [6.45, 7) is 7.39. The zero-order valence-corrected chi connectivity index (χ0v) is 14.3. The largest absolute Gasteiger partial charge is 0.334 e. The van der Waals surface area contributed by atoms with Crippen LogP contribution in [0.5, 0.6) is 0 Å². The minimum atomic E-state index is -0.0239. The van der Waals surface area contributed by atoms with Crippen molar-refractivity contribution in [1.29, 1.82) is 0 Å². The molecule has 5 heteroatoms. The van der Waals surface area contributed by atoms with Crippen LogP contribution in [0.2, 0.25) is 0 Å². The minimum absolute atomic E-state index is 0.0239. The van der Waals surface area contributed by atoms with Crippen molar-refractivity contribution in [2.75, 3.05) is 13.1 Å². The Hall–Kier alpha value is -1.88. The number of nitrogens with one attached hydrogen (secondary N) is 1. The normalized spacial score (nSPS) is 16.8. The summed E-state index contributed by atoms with van der Waals surface area (Å²) in [7, 11) is 2.10. The van der Waals surface area contributed by atoms with E-state index in [0.29, 0.717) is 5.92 Å². The van der Waals surface area contributed by atoms with Crippen molar-refractivity contribution in [1.82, 2.24) is 19.4 Å². The molecule has 3 heterocycles. The van der Waals surface area contributed by atoms with Crippen molar-refractivity contribution >= 4 is 0 Å². The molecule has 1 aliphatic rings. The molecule has 23 heavy (non-hydrogen) atoms. The molecule has 1 fully saturated rings. The van der Waals surface area contributed by atoms with Crippen molar-refractivity contribution in [2.24, 2.45) is 13.0 Å². The highest BCUT2D eigenvalue weighted by molar-refractivity contribution is 5.13. The Bertz CT molecular complexity index is 703. The Labute approximate surface area is 137 Å². The summed E-state index contributed by atoms with van der Waals surface area (Å²) in [4.78, 5) is 21.1. The molecule has 1 N–H and O–H groups in total. The molecule has 3 rings (SSSR count). The highest BCUT2D eigenvalue weighted by Gasteiger charge is 2.21. The topological polar surface area (TPSA) is 53.9 Å². The van der Waals surface area contributed by atoms with Gasteiger partial charge in [0.25, 0.3) is 0 Å². The van der Waals surface area contributed by atoms with Gasteiger partial charge in [-0.25, -0.2) is 4.98 Å². The number of aromatic nitrogens is 3. The lowest BCUT2D eigenvalue weighted by Gasteiger charge is -2.31. The second-order valence-electron chi connectivity index (χ2n) is 6.74. The van der Waals surface area contributed by atoms with Gasteiger partial charge < -0.3 is 9.55 Å². The molecule has 5 nitrogen and oxygen atoms in total. The van der Waals surface area contributed by atoms with E-state index in [-0.39, 0.29) is 5.56 Å². The van der Waals surface area contributed by atoms with Gasteiger partial charge in [-0.1, -0.05) is 6.07 Å². The van der Waals surface area contributed by atoms with E-state index in [2.05, 4.69) is 40.3 Å². The lowest BCUT2D eigenvalue weighted by atomic mass is 9.91. The van der Waals surface area contributed by atoms with E-state index < -0.39 is 0 Å². The molecule has 124 valence electrons. The monoisotopic (exact) mass is 314 g/mol. The maximum Gasteiger partial charge on any atom is 0.247 e. The third-order valence-electron chi connectivity index (χ3n) is 5.16. The van der Waals surface area contributed by atoms with Crippen LogP contribution in [0, 0.1) is 19.8 Å². The second-order valence-corrected chi connectivity index (χ2v) is 6.74. The molecule has 0 atom stereocenters. The number of piperidine rings is 1. The lowest BCUT2D eigenvalue weighted by Crippen LogP contribution is -2.34. The van der Waals surface area contributed by atoms with Gasteiger partial charge in [0.05, 0.1) is 12.2 Å². The summed E-state index contributed by atoms with van der Waals surface area (Å²) < 4.78 is 2.21. The summed E-state index contributed by atoms with van der Waals surface area (Å²) in [5.74, 6) is 1.88. The van der Waals surface area contributed by atoms with Crippen LogP contribution in [0.25, 0.3) is 0 Å². The van der Waals surface area contributed by atoms with Crippen molar-refractivity contribution in [2.45, 2.75) is 39.7 Å². The highest BCUT2D eigenvalue weighted by atomic mass is 16.1. The van der Waals surface area contributed by atoms with Gasteiger partial charge >= 0.3 is 0 Å². The molecule has 0 aromatic carbocycles. The average molecular weight is 314 g/mol. The molecule has 0 aliphatic carbocycles. The number of H-pyrrole nitrogens is 1. The van der Waals surface area contributed by atoms with E-state index in [1.165, 1.54) is 29.9 Å². The number of aryl methyl sites for hydroxylation is 1. The molecule has 1 saturated heterocycles. The van der Waals surface area contributed by atoms with Crippen LogP contribution in [-0.4, -0.2) is 32.5 Å². The first kappa shape index (κ1) is 16.0. The van der Waals surface area contributed by atoms with Crippen LogP contribution in [0.3, 0.4) is 0 Å². The lowest BCUT2D eigenvalue weighted by molar-refractivity contribution is 0.172. The number of imidazole rings is 1. The Morgan fingerprint density at radius 3 is 2.57 bits per heavy atom. The molecule has 0 spiro atoms. The number of rotatable bonds is 4. The van der Waals surface area contributed by atoms with Gasteiger partial charge in [0.2, 0.25) is 5.56 Å². The summed E-state index contributed by atoms with van der Waals surface area (Å²) in [6.07, 6.45) is 5.34. The first-order valence-electron chi connectivity index (χ1n) is 8.41. The summed E-state index contributed by atoms with van der Waals surface area (Å²) >= 11 is 0. The zero-order valence-electron chi connectivity index (χ0n) is 14.3. The number of nitrogens with zero attached hydrogens (tertiary/aromatic N) is 3. The van der Waals surface area contributed by atoms with Gasteiger partial charge in [0.15, 0.2) is 0 Å². The molecule has 0 amide bonds. The van der Waals surface area contributed by atoms with Crippen LogP contribution < -0.4 is 5.56 Å². The number of aromatic amines is 1. The molecule has 2 aromatic heterocycles. The summed E-state index contributed by atoms with van der Waals surface area (Å²) in [5.41, 5.74) is 3.60. The third kappa shape index (κ3) is 3.72. The minimum Gasteiger partial charge on any atom is -0.334 e. The number of hydrogen-bond donors (Lipinski definition) is 1. The molecule has 0 saturated carbocycles. The van der Waals surface area contributed by atoms with Crippen LogP contribution in [0.15, 0.2) is 23.1 Å². The Morgan fingerprint density at radius 2 is 2.00 bits per heavy atom. The van der Waals surface area contributed by atoms with E-state index in [1.54, 1.807) is 6.07 Å². The van der Waals surface area contributed by atoms with E-state index >= 15 is 0 Å². The third-order valence-corrected chi connectivity index (χ3v) is 5.16. The molecule has 0 bridgehead atoms. The molecular formula is C18H26N4O. The fourth-order valence-corrected chi connectivity index (χ4v) is 3.38. The van der Waals surface area contributed by atoms with Crippen molar-refractivity contribution in [3.63, 3.8) is 0 Å². The predicted octanol–water partition coefficient (Wildman–Crippen LogP) is 2.18. The SMILES string of the molecule is Cc1nc(CN2CCC(Cc3ccc(=O)[nH]c3)CC2)n(C)c1C. The molecular weight excluding hydrogens is 288 g/mol. The Morgan fingerprint density at radius 1 is 1.26 bits per heavy atom. The zero-order chi connectivity index (χ0) is 16.4. The molecule has 2 aromatic rings. The van der Waals surface area contributed by atoms with Gasteiger partial charge in [-0.05, 0) is 57.7 Å². The Kier molecular flexibility index (Phi) is 4.66. The second kappa shape index (κ2) is 6.71. The standard InChI is InChI=1S/C18H26N4O/c1-13-14(2)21(3)17(20-13)12-22-8-6-15(7-9-22)10-16-4-5-18(23)19-11-16/h4-5,11,15H,6-10,12H2,1-3H3,(H,19,23). The first-order valence-corrected chi connectivity index (χ1v) is 8.41. The summed E-state index contributed by atoms with van der Waals surface area (Å²) in [5, 5.41) is 0. The van der Waals surface area contributed by atoms with E-state index in [1.807, 2.05) is 12.3 Å². The van der Waals surface area contributed by atoms with Crippen LogP contribution in [0.1, 0.15) is 35.6 Å². The van der Waals surface area contributed by atoms with Crippen LogP contribution >= 0.6 is 0 Å². The smallest absolute Gasteiger partial charge is 0.247 e. The van der Waals surface area contributed by atoms with Gasteiger partial charge in [0, 0.05) is 25.0 Å². The molecule has 0 radical (unpaired) electrons. The summed E-state index contributed by atoms with van der Waals surface area (Å²) in [6, 6.07) is 3.57. The first-order chi connectivity index (χ1) is 11.0. The fourth-order valence-electron chi connectivity index (χ4n) is 3.38. The van der Waals surface area contributed by atoms with Gasteiger partial charge in [-0.15, -0.1) is 0 Å². The van der Waals surface area contributed by atoms with Crippen molar-refractivity contribution < 1.29 is 0 Å². The average Bonchev–Trinajstić information content (AvgIpc) is 2.79. The number of pyridine rings is 1. The number of likely N-dealkylation sites (tertiary alicyclic amines) is 1.